The van der Waals surface area contributed by atoms with Gasteiger partial charge in [0.15, 0.2) is 12.4 Å². The number of Topliss-reactive ketones (excluding diaryl/α,β-unsaturated/α-hetero) is 1. The summed E-state index contributed by atoms with van der Waals surface area (Å²) in [6, 6.07) is 6.50. The summed E-state index contributed by atoms with van der Waals surface area (Å²) in [4.78, 5) is 62.9. The van der Waals surface area contributed by atoms with Crippen LogP contribution in [0, 0.1) is 0 Å². The molecule has 1 N–H and O–H groups in total. The SMILES string of the molecule is CO[C@@]1(NC(=O)CCl)C(=O)N2C(C(=O)OCC(=O)c3ccc(Br)cc3)=C(COC(C)=O)CS[C@H]21. The topological polar surface area (TPSA) is 128 Å². The molecule has 34 heavy (non-hydrogen) atoms. The minimum atomic E-state index is -1.72. The van der Waals surface area contributed by atoms with Crippen LogP contribution >= 0.6 is 39.3 Å². The van der Waals surface area contributed by atoms with Gasteiger partial charge in [-0.1, -0.05) is 28.1 Å². The predicted octanol–water partition coefficient (Wildman–Crippen LogP) is 1.61. The molecule has 1 aromatic carbocycles. The number of thioether (sulfide) groups is 1. The molecule has 0 unspecified atom stereocenters. The van der Waals surface area contributed by atoms with Crippen molar-refractivity contribution in [2.24, 2.45) is 0 Å². The molecule has 0 saturated carbocycles. The summed E-state index contributed by atoms with van der Waals surface area (Å²) in [6.07, 6.45) is 0. The number of nitrogens with zero attached hydrogens (tertiary/aromatic N) is 1. The largest absolute Gasteiger partial charge is 0.461 e. The Morgan fingerprint density at radius 2 is 1.91 bits per heavy atom. The second kappa shape index (κ2) is 10.9. The number of amides is 2. The summed E-state index contributed by atoms with van der Waals surface area (Å²) in [5.74, 6) is -3.54. The van der Waals surface area contributed by atoms with Gasteiger partial charge in [0.1, 0.15) is 23.6 Å². The normalized spacial score (nSPS) is 21.4. The highest BCUT2D eigenvalue weighted by atomic mass is 79.9. The van der Waals surface area contributed by atoms with E-state index in [4.69, 9.17) is 25.8 Å². The number of hydrogen-bond acceptors (Lipinski definition) is 9. The zero-order valence-electron chi connectivity index (χ0n) is 18.1. The first-order valence-electron chi connectivity index (χ1n) is 9.83. The molecule has 1 fully saturated rings. The fraction of sp³-hybridized carbons (Fsp3) is 0.381. The highest BCUT2D eigenvalue weighted by molar-refractivity contribution is 9.10. The van der Waals surface area contributed by atoms with Crippen molar-refractivity contribution in [2.45, 2.75) is 18.0 Å². The van der Waals surface area contributed by atoms with E-state index in [-0.39, 0.29) is 18.1 Å². The van der Waals surface area contributed by atoms with Gasteiger partial charge in [0.2, 0.25) is 5.91 Å². The molecule has 3 rings (SSSR count). The Labute approximate surface area is 212 Å². The number of ether oxygens (including phenoxy) is 3. The summed E-state index contributed by atoms with van der Waals surface area (Å²) < 4.78 is 16.4. The lowest BCUT2D eigenvalue weighted by atomic mass is 9.98. The van der Waals surface area contributed by atoms with Crippen LogP contribution in [0.1, 0.15) is 17.3 Å². The molecule has 0 bridgehead atoms. The lowest BCUT2D eigenvalue weighted by Gasteiger charge is -2.55. The lowest BCUT2D eigenvalue weighted by Crippen LogP contribution is -2.80. The molecule has 0 aliphatic carbocycles. The van der Waals surface area contributed by atoms with Crippen molar-refractivity contribution in [2.75, 3.05) is 32.0 Å². The van der Waals surface area contributed by atoms with Gasteiger partial charge in [-0.05, 0) is 12.1 Å². The highest BCUT2D eigenvalue weighted by Crippen LogP contribution is 2.46. The Morgan fingerprint density at radius 1 is 1.24 bits per heavy atom. The Kier molecular flexibility index (Phi) is 8.39. The van der Waals surface area contributed by atoms with Crippen molar-refractivity contribution in [3.05, 3.63) is 45.6 Å². The van der Waals surface area contributed by atoms with Crippen molar-refractivity contribution in [1.29, 1.82) is 0 Å². The van der Waals surface area contributed by atoms with E-state index in [2.05, 4.69) is 21.2 Å². The van der Waals surface area contributed by atoms with Crippen molar-refractivity contribution >= 4 is 68.8 Å². The molecule has 2 amide bonds. The van der Waals surface area contributed by atoms with E-state index >= 15 is 0 Å². The Hall–Kier alpha value is -2.41. The lowest BCUT2D eigenvalue weighted by molar-refractivity contribution is -0.192. The van der Waals surface area contributed by atoms with E-state index < -0.39 is 53.1 Å². The quantitative estimate of drug-likeness (QED) is 0.154. The molecule has 2 heterocycles. The average Bonchev–Trinajstić information content (AvgIpc) is 2.83. The first-order chi connectivity index (χ1) is 16.1. The fourth-order valence-corrected chi connectivity index (χ4v) is 5.14. The summed E-state index contributed by atoms with van der Waals surface area (Å²) in [6.45, 7) is 0.391. The Balaban J connectivity index is 1.84. The number of ketones is 1. The summed E-state index contributed by atoms with van der Waals surface area (Å²) in [7, 11) is 1.25. The fourth-order valence-electron chi connectivity index (χ4n) is 3.39. The highest BCUT2D eigenvalue weighted by Gasteiger charge is 2.66. The zero-order chi connectivity index (χ0) is 25.0. The Morgan fingerprint density at radius 3 is 2.50 bits per heavy atom. The van der Waals surface area contributed by atoms with E-state index in [0.717, 1.165) is 9.37 Å². The van der Waals surface area contributed by atoms with Gasteiger partial charge < -0.3 is 19.5 Å². The third-order valence-corrected chi connectivity index (χ3v) is 7.17. The van der Waals surface area contributed by atoms with Crippen LogP contribution in [0.5, 0.6) is 0 Å². The van der Waals surface area contributed by atoms with Crippen LogP contribution in [0.3, 0.4) is 0 Å². The number of nitrogens with one attached hydrogen (secondary N) is 1. The standard InChI is InChI=1S/C21H20BrClN2O8S/c1-11(26)32-8-13-10-34-20-21(31-2,24-16(28)7-23)19(30)25(20)17(13)18(29)33-9-15(27)12-3-5-14(22)6-4-12/h3-6,20H,7-10H2,1-2H3,(H,24,28)/t20-,21-/m0/s1. The molecule has 182 valence electrons. The molecule has 2 aliphatic rings. The van der Waals surface area contributed by atoms with Gasteiger partial charge in [-0.3, -0.25) is 24.1 Å². The maximum atomic E-state index is 13.1. The first-order valence-corrected chi connectivity index (χ1v) is 12.2. The first kappa shape index (κ1) is 26.2. The summed E-state index contributed by atoms with van der Waals surface area (Å²) in [5.41, 5.74) is -1.22. The van der Waals surface area contributed by atoms with E-state index in [1.54, 1.807) is 24.3 Å². The maximum absolute atomic E-state index is 13.1. The van der Waals surface area contributed by atoms with E-state index in [9.17, 15) is 24.0 Å². The number of β-lactam (4-membered cyclic amide) rings is 1. The van der Waals surface area contributed by atoms with Crippen LogP contribution in [0.4, 0.5) is 0 Å². The number of rotatable bonds is 9. The number of halogens is 2. The molecule has 1 aromatic rings. The smallest absolute Gasteiger partial charge is 0.355 e. The van der Waals surface area contributed by atoms with Crippen molar-refractivity contribution in [3.63, 3.8) is 0 Å². The van der Waals surface area contributed by atoms with Gasteiger partial charge >= 0.3 is 11.9 Å². The Bertz CT molecular complexity index is 1060. The van der Waals surface area contributed by atoms with Crippen LogP contribution in [0.25, 0.3) is 0 Å². The minimum Gasteiger partial charge on any atom is -0.461 e. The van der Waals surface area contributed by atoms with Crippen LogP contribution in [-0.2, 0) is 33.4 Å². The number of carbonyl (C=O) groups excluding carboxylic acids is 5. The number of methoxy groups -OCH3 is 1. The number of benzene rings is 1. The van der Waals surface area contributed by atoms with Gasteiger partial charge in [0, 0.05) is 35.4 Å². The molecule has 0 spiro atoms. The van der Waals surface area contributed by atoms with Crippen LogP contribution in [0.2, 0.25) is 0 Å². The average molecular weight is 576 g/mol. The van der Waals surface area contributed by atoms with Gasteiger partial charge in [0.25, 0.3) is 11.6 Å². The molecule has 0 aromatic heterocycles. The van der Waals surface area contributed by atoms with Crippen molar-refractivity contribution in [3.8, 4) is 0 Å². The minimum absolute atomic E-state index is 0.161. The molecule has 10 nitrogen and oxygen atoms in total. The van der Waals surface area contributed by atoms with E-state index in [1.165, 1.54) is 25.8 Å². The molecule has 2 aliphatic heterocycles. The third-order valence-electron chi connectivity index (χ3n) is 5.02. The van der Waals surface area contributed by atoms with Crippen molar-refractivity contribution in [1.82, 2.24) is 10.2 Å². The molecule has 0 radical (unpaired) electrons. The predicted molar refractivity (Wildman–Crippen MR) is 125 cm³/mol. The summed E-state index contributed by atoms with van der Waals surface area (Å²) in [5, 5.41) is 1.65. The summed E-state index contributed by atoms with van der Waals surface area (Å²) >= 11 is 10.0. The molecule has 2 atom stereocenters. The number of alkyl halides is 1. The van der Waals surface area contributed by atoms with Crippen LogP contribution in [0.15, 0.2) is 40.0 Å². The van der Waals surface area contributed by atoms with Crippen LogP contribution in [-0.4, -0.2) is 77.5 Å². The second-order valence-corrected chi connectivity index (χ2v) is 9.45. The van der Waals surface area contributed by atoms with Crippen molar-refractivity contribution < 1.29 is 38.2 Å². The maximum Gasteiger partial charge on any atom is 0.355 e. The van der Waals surface area contributed by atoms with Gasteiger partial charge in [0.05, 0.1) is 0 Å². The number of hydrogen-bond donors (Lipinski definition) is 1. The number of fused-ring (bicyclic) bond motifs is 1. The van der Waals surface area contributed by atoms with E-state index in [0.29, 0.717) is 11.1 Å². The van der Waals surface area contributed by atoms with E-state index in [1.807, 2.05) is 0 Å². The monoisotopic (exact) mass is 574 g/mol. The third kappa shape index (κ3) is 5.14. The number of esters is 2. The molecular formula is C21H20BrClN2O8S. The molecule has 13 heteroatoms. The zero-order valence-corrected chi connectivity index (χ0v) is 21.3. The second-order valence-electron chi connectivity index (χ2n) is 7.20. The number of carbonyl (C=O) groups is 5. The van der Waals surface area contributed by atoms with Gasteiger partial charge in [-0.25, -0.2) is 4.79 Å². The van der Waals surface area contributed by atoms with Gasteiger partial charge in [-0.15, -0.1) is 23.4 Å². The van der Waals surface area contributed by atoms with Crippen LogP contribution < -0.4 is 5.32 Å². The molecule has 1 saturated heterocycles. The van der Waals surface area contributed by atoms with Gasteiger partial charge in [-0.2, -0.15) is 0 Å². The molecular weight excluding hydrogens is 556 g/mol.